The Morgan fingerprint density at radius 2 is 2.09 bits per heavy atom. The third-order valence-electron chi connectivity index (χ3n) is 4.74. The summed E-state index contributed by atoms with van der Waals surface area (Å²) in [6.07, 6.45) is 7.67. The molecule has 1 fully saturated rings. The largest absolute Gasteiger partial charge is 0.391 e. The number of anilines is 1. The maximum Gasteiger partial charge on any atom is 0.265 e. The van der Waals surface area contributed by atoms with Crippen molar-refractivity contribution in [2.45, 2.75) is 51.7 Å². The molecule has 2 heterocycles. The lowest BCUT2D eigenvalue weighted by molar-refractivity contribution is 0.279. The molecule has 5 nitrogen and oxygen atoms in total. The molecule has 5 heteroatoms. The molecule has 0 unspecified atom stereocenters. The SMILES string of the molecule is Cc1cccn2c(=O)c(CO)c(N(C)C3CCCCC3)nc12. The summed E-state index contributed by atoms with van der Waals surface area (Å²) < 4.78 is 1.53. The van der Waals surface area contributed by atoms with E-state index >= 15 is 0 Å². The third-order valence-corrected chi connectivity index (χ3v) is 4.74. The first-order valence-electron chi connectivity index (χ1n) is 7.98. The fourth-order valence-electron chi connectivity index (χ4n) is 3.39. The van der Waals surface area contributed by atoms with Gasteiger partial charge < -0.3 is 10.0 Å². The van der Waals surface area contributed by atoms with Crippen molar-refractivity contribution >= 4 is 11.5 Å². The lowest BCUT2D eigenvalue weighted by Crippen LogP contribution is -2.37. The molecule has 0 amide bonds. The lowest BCUT2D eigenvalue weighted by Gasteiger charge is -2.33. The van der Waals surface area contributed by atoms with E-state index in [4.69, 9.17) is 4.98 Å². The van der Waals surface area contributed by atoms with Crippen LogP contribution < -0.4 is 10.5 Å². The van der Waals surface area contributed by atoms with Crippen LogP contribution in [0.5, 0.6) is 0 Å². The number of hydrogen-bond acceptors (Lipinski definition) is 4. The summed E-state index contributed by atoms with van der Waals surface area (Å²) in [4.78, 5) is 19.5. The minimum atomic E-state index is -0.283. The quantitative estimate of drug-likeness (QED) is 0.945. The molecule has 0 spiro atoms. The lowest BCUT2D eigenvalue weighted by atomic mass is 9.94. The number of rotatable bonds is 3. The molecule has 0 bridgehead atoms. The standard InChI is InChI=1S/C17H23N3O2/c1-12-7-6-10-20-15(12)18-16(14(11-21)17(20)22)19(2)13-8-4-3-5-9-13/h6-7,10,13,21H,3-5,8-9,11H2,1-2H3. The summed E-state index contributed by atoms with van der Waals surface area (Å²) in [7, 11) is 1.99. The monoisotopic (exact) mass is 301 g/mol. The highest BCUT2D eigenvalue weighted by Gasteiger charge is 2.23. The second-order valence-electron chi connectivity index (χ2n) is 6.16. The van der Waals surface area contributed by atoms with Crippen LogP contribution in [0.3, 0.4) is 0 Å². The summed E-state index contributed by atoms with van der Waals surface area (Å²) in [5.74, 6) is 0.633. The van der Waals surface area contributed by atoms with Gasteiger partial charge in [-0.2, -0.15) is 0 Å². The van der Waals surface area contributed by atoms with E-state index in [1.54, 1.807) is 6.20 Å². The number of aliphatic hydroxyl groups is 1. The molecule has 118 valence electrons. The van der Waals surface area contributed by atoms with Crippen LogP contribution in [-0.2, 0) is 6.61 Å². The highest BCUT2D eigenvalue weighted by atomic mass is 16.3. The van der Waals surface area contributed by atoms with E-state index in [0.717, 1.165) is 18.4 Å². The molecular weight excluding hydrogens is 278 g/mol. The van der Waals surface area contributed by atoms with Gasteiger partial charge in [0.25, 0.3) is 5.56 Å². The van der Waals surface area contributed by atoms with Crippen LogP contribution >= 0.6 is 0 Å². The van der Waals surface area contributed by atoms with Gasteiger partial charge in [0, 0.05) is 19.3 Å². The summed E-state index contributed by atoms with van der Waals surface area (Å²) in [6.45, 7) is 1.67. The van der Waals surface area contributed by atoms with Crippen LogP contribution in [0.4, 0.5) is 5.82 Å². The van der Waals surface area contributed by atoms with Crippen LogP contribution in [0.15, 0.2) is 23.1 Å². The Balaban J connectivity index is 2.15. The van der Waals surface area contributed by atoms with E-state index in [1.165, 1.54) is 23.7 Å². The van der Waals surface area contributed by atoms with E-state index in [0.29, 0.717) is 23.1 Å². The zero-order valence-corrected chi connectivity index (χ0v) is 13.2. The van der Waals surface area contributed by atoms with Crippen LogP contribution in [0, 0.1) is 6.92 Å². The van der Waals surface area contributed by atoms with Crippen molar-refractivity contribution in [1.29, 1.82) is 0 Å². The number of nitrogens with zero attached hydrogens (tertiary/aromatic N) is 3. The van der Waals surface area contributed by atoms with Crippen LogP contribution in [-0.4, -0.2) is 27.6 Å². The summed E-state index contributed by atoms with van der Waals surface area (Å²) >= 11 is 0. The molecule has 1 N–H and O–H groups in total. The van der Waals surface area contributed by atoms with E-state index in [1.807, 2.05) is 26.1 Å². The Kier molecular flexibility index (Phi) is 4.16. The van der Waals surface area contributed by atoms with Crippen molar-refractivity contribution in [2.75, 3.05) is 11.9 Å². The van der Waals surface area contributed by atoms with Gasteiger partial charge >= 0.3 is 0 Å². The summed E-state index contributed by atoms with van der Waals surface area (Å²) in [6, 6.07) is 4.18. The Hall–Kier alpha value is -1.88. The van der Waals surface area contributed by atoms with Gasteiger partial charge in [0.05, 0.1) is 12.2 Å². The Morgan fingerprint density at radius 3 is 2.77 bits per heavy atom. The van der Waals surface area contributed by atoms with Crippen molar-refractivity contribution in [2.24, 2.45) is 0 Å². The number of aliphatic hydroxyl groups excluding tert-OH is 1. The zero-order chi connectivity index (χ0) is 15.7. The van der Waals surface area contributed by atoms with Crippen molar-refractivity contribution in [3.63, 3.8) is 0 Å². The Bertz CT molecular complexity index is 732. The average molecular weight is 301 g/mol. The maximum atomic E-state index is 12.7. The zero-order valence-electron chi connectivity index (χ0n) is 13.2. The van der Waals surface area contributed by atoms with Crippen LogP contribution in [0.1, 0.15) is 43.2 Å². The van der Waals surface area contributed by atoms with Crippen molar-refractivity contribution in [3.05, 3.63) is 39.8 Å². The highest BCUT2D eigenvalue weighted by Crippen LogP contribution is 2.26. The fraction of sp³-hybridized carbons (Fsp3) is 0.529. The average Bonchev–Trinajstić information content (AvgIpc) is 2.55. The smallest absolute Gasteiger partial charge is 0.265 e. The Labute approximate surface area is 130 Å². The van der Waals surface area contributed by atoms with Crippen molar-refractivity contribution < 1.29 is 5.11 Å². The number of pyridine rings is 1. The molecular formula is C17H23N3O2. The minimum Gasteiger partial charge on any atom is -0.391 e. The Morgan fingerprint density at radius 1 is 1.36 bits per heavy atom. The predicted octanol–water partition coefficient (Wildman–Crippen LogP) is 2.26. The van der Waals surface area contributed by atoms with Gasteiger partial charge in [-0.25, -0.2) is 4.98 Å². The summed E-state index contributed by atoms with van der Waals surface area (Å²) in [5.41, 5.74) is 1.84. The highest BCUT2D eigenvalue weighted by molar-refractivity contribution is 5.56. The normalized spacial score (nSPS) is 16.1. The van der Waals surface area contributed by atoms with Crippen LogP contribution in [0.25, 0.3) is 5.65 Å². The molecule has 0 radical (unpaired) electrons. The van der Waals surface area contributed by atoms with Gasteiger partial charge in [-0.3, -0.25) is 9.20 Å². The summed E-state index contributed by atoms with van der Waals surface area (Å²) in [5, 5.41) is 9.70. The van der Waals surface area contributed by atoms with E-state index in [2.05, 4.69) is 4.90 Å². The van der Waals surface area contributed by atoms with Crippen molar-refractivity contribution in [1.82, 2.24) is 9.38 Å². The first kappa shape index (κ1) is 15.0. The third kappa shape index (κ3) is 2.50. The van der Waals surface area contributed by atoms with Crippen LogP contribution in [0.2, 0.25) is 0 Å². The van der Waals surface area contributed by atoms with E-state index in [9.17, 15) is 9.90 Å². The molecule has 0 atom stereocenters. The van der Waals surface area contributed by atoms with Crippen molar-refractivity contribution in [3.8, 4) is 0 Å². The number of fused-ring (bicyclic) bond motifs is 1. The first-order chi connectivity index (χ1) is 10.6. The predicted molar refractivity (Wildman–Crippen MR) is 87.4 cm³/mol. The molecule has 1 aliphatic carbocycles. The molecule has 2 aromatic heterocycles. The van der Waals surface area contributed by atoms with Gasteiger partial charge in [0.1, 0.15) is 11.5 Å². The molecule has 0 aromatic carbocycles. The fourth-order valence-corrected chi connectivity index (χ4v) is 3.39. The number of hydrogen-bond donors (Lipinski definition) is 1. The number of aromatic nitrogens is 2. The van der Waals surface area contributed by atoms with Gasteiger partial charge in [-0.15, -0.1) is 0 Å². The van der Waals surface area contributed by atoms with Gasteiger partial charge in [0.15, 0.2) is 0 Å². The molecule has 2 aromatic rings. The molecule has 1 saturated carbocycles. The second-order valence-corrected chi connectivity index (χ2v) is 6.16. The van der Waals surface area contributed by atoms with Gasteiger partial charge in [-0.05, 0) is 31.4 Å². The first-order valence-corrected chi connectivity index (χ1v) is 7.98. The topological polar surface area (TPSA) is 57.8 Å². The van der Waals surface area contributed by atoms with Gasteiger partial charge in [0.2, 0.25) is 0 Å². The van der Waals surface area contributed by atoms with Gasteiger partial charge in [-0.1, -0.05) is 25.3 Å². The van der Waals surface area contributed by atoms with E-state index in [-0.39, 0.29) is 12.2 Å². The number of aryl methyl sites for hydroxylation is 1. The molecule has 3 rings (SSSR count). The minimum absolute atomic E-state index is 0.172. The molecule has 1 aliphatic rings. The van der Waals surface area contributed by atoms with E-state index < -0.39 is 0 Å². The maximum absolute atomic E-state index is 12.7. The molecule has 22 heavy (non-hydrogen) atoms. The second kappa shape index (κ2) is 6.08. The molecule has 0 aliphatic heterocycles. The molecule has 0 saturated heterocycles.